The van der Waals surface area contributed by atoms with Crippen molar-refractivity contribution in [3.05, 3.63) is 34.1 Å². The van der Waals surface area contributed by atoms with Crippen molar-refractivity contribution in [2.75, 3.05) is 13.1 Å². The van der Waals surface area contributed by atoms with Crippen LogP contribution in [0.1, 0.15) is 25.5 Å². The lowest BCUT2D eigenvalue weighted by atomic mass is 10.1. The summed E-state index contributed by atoms with van der Waals surface area (Å²) in [7, 11) is 0. The van der Waals surface area contributed by atoms with E-state index < -0.39 is 0 Å². The lowest BCUT2D eigenvalue weighted by molar-refractivity contribution is 0.476. The SMILES string of the molecule is CC(C)CNC(CN)c1cc(F)ccc1Br. The second kappa shape index (κ2) is 6.33. The number of hydrogen-bond acceptors (Lipinski definition) is 2. The molecule has 0 aromatic heterocycles. The molecule has 0 aliphatic rings. The Morgan fingerprint density at radius 3 is 2.69 bits per heavy atom. The first-order valence-electron chi connectivity index (χ1n) is 5.43. The zero-order valence-corrected chi connectivity index (χ0v) is 11.2. The normalized spacial score (nSPS) is 13.1. The highest BCUT2D eigenvalue weighted by molar-refractivity contribution is 9.10. The van der Waals surface area contributed by atoms with E-state index in [0.29, 0.717) is 12.5 Å². The van der Waals surface area contributed by atoms with Gasteiger partial charge < -0.3 is 11.1 Å². The van der Waals surface area contributed by atoms with Crippen LogP contribution in [0.3, 0.4) is 0 Å². The molecule has 0 saturated heterocycles. The highest BCUT2D eigenvalue weighted by Crippen LogP contribution is 2.24. The van der Waals surface area contributed by atoms with Crippen molar-refractivity contribution in [3.8, 4) is 0 Å². The summed E-state index contributed by atoms with van der Waals surface area (Å²) in [6.45, 7) is 5.57. The van der Waals surface area contributed by atoms with Crippen LogP contribution in [-0.2, 0) is 0 Å². The maximum atomic E-state index is 13.2. The van der Waals surface area contributed by atoms with Gasteiger partial charge in [0.1, 0.15) is 5.82 Å². The van der Waals surface area contributed by atoms with Crippen LogP contribution in [0.25, 0.3) is 0 Å². The average Bonchev–Trinajstić information content (AvgIpc) is 2.23. The molecule has 1 rings (SSSR count). The quantitative estimate of drug-likeness (QED) is 0.874. The molecule has 3 N–H and O–H groups in total. The first-order chi connectivity index (χ1) is 7.54. The molecule has 0 heterocycles. The molecular weight excluding hydrogens is 271 g/mol. The summed E-state index contributed by atoms with van der Waals surface area (Å²) in [6.07, 6.45) is 0. The Labute approximate surface area is 105 Å². The van der Waals surface area contributed by atoms with E-state index in [9.17, 15) is 4.39 Å². The molecule has 0 saturated carbocycles. The van der Waals surface area contributed by atoms with Crippen LogP contribution < -0.4 is 11.1 Å². The second-order valence-corrected chi connectivity index (χ2v) is 5.11. The number of hydrogen-bond donors (Lipinski definition) is 2. The van der Waals surface area contributed by atoms with E-state index in [0.717, 1.165) is 16.6 Å². The number of nitrogens with one attached hydrogen (secondary N) is 1. The van der Waals surface area contributed by atoms with Crippen molar-refractivity contribution in [3.63, 3.8) is 0 Å². The average molecular weight is 289 g/mol. The molecule has 1 unspecified atom stereocenters. The molecule has 1 atom stereocenters. The Morgan fingerprint density at radius 2 is 2.12 bits per heavy atom. The molecule has 0 radical (unpaired) electrons. The summed E-state index contributed by atoms with van der Waals surface area (Å²) in [5.74, 6) is 0.310. The molecule has 0 fully saturated rings. The number of halogens is 2. The van der Waals surface area contributed by atoms with Crippen molar-refractivity contribution in [2.24, 2.45) is 11.7 Å². The predicted octanol–water partition coefficient (Wildman–Crippen LogP) is 2.83. The maximum absolute atomic E-state index is 13.2. The zero-order chi connectivity index (χ0) is 12.1. The third-order valence-electron chi connectivity index (χ3n) is 2.34. The van der Waals surface area contributed by atoms with Gasteiger partial charge in [-0.1, -0.05) is 29.8 Å². The van der Waals surface area contributed by atoms with E-state index in [1.54, 1.807) is 6.07 Å². The van der Waals surface area contributed by atoms with E-state index in [1.165, 1.54) is 12.1 Å². The van der Waals surface area contributed by atoms with E-state index >= 15 is 0 Å². The highest BCUT2D eigenvalue weighted by Gasteiger charge is 2.13. The smallest absolute Gasteiger partial charge is 0.123 e. The highest BCUT2D eigenvalue weighted by atomic mass is 79.9. The van der Waals surface area contributed by atoms with Crippen LogP contribution in [0, 0.1) is 11.7 Å². The molecule has 16 heavy (non-hydrogen) atoms. The topological polar surface area (TPSA) is 38.0 Å². The van der Waals surface area contributed by atoms with Crippen LogP contribution in [0.15, 0.2) is 22.7 Å². The minimum absolute atomic E-state index is 0.00697. The van der Waals surface area contributed by atoms with Gasteiger partial charge in [0.25, 0.3) is 0 Å². The largest absolute Gasteiger partial charge is 0.329 e. The number of benzene rings is 1. The molecule has 0 spiro atoms. The van der Waals surface area contributed by atoms with Gasteiger partial charge in [-0.3, -0.25) is 0 Å². The van der Waals surface area contributed by atoms with Crippen LogP contribution in [-0.4, -0.2) is 13.1 Å². The van der Waals surface area contributed by atoms with Gasteiger partial charge in [-0.15, -0.1) is 0 Å². The van der Waals surface area contributed by atoms with Crippen LogP contribution in [0.2, 0.25) is 0 Å². The van der Waals surface area contributed by atoms with Gasteiger partial charge in [-0.05, 0) is 36.2 Å². The van der Waals surface area contributed by atoms with Gasteiger partial charge in [0.05, 0.1) is 0 Å². The first kappa shape index (κ1) is 13.6. The molecule has 0 aliphatic heterocycles. The van der Waals surface area contributed by atoms with Crippen LogP contribution in [0.5, 0.6) is 0 Å². The van der Waals surface area contributed by atoms with Crippen molar-refractivity contribution in [1.29, 1.82) is 0 Å². The summed E-state index contributed by atoms with van der Waals surface area (Å²) in [5, 5.41) is 3.33. The van der Waals surface area contributed by atoms with Crippen molar-refractivity contribution < 1.29 is 4.39 Å². The summed E-state index contributed by atoms with van der Waals surface area (Å²) in [5.41, 5.74) is 6.58. The lowest BCUT2D eigenvalue weighted by Crippen LogP contribution is -2.31. The molecule has 0 bridgehead atoms. The fourth-order valence-electron chi connectivity index (χ4n) is 1.48. The third kappa shape index (κ3) is 3.85. The standard InChI is InChI=1S/C12H18BrFN2/c1-8(2)7-16-12(6-15)10-5-9(14)3-4-11(10)13/h3-5,8,12,16H,6-7,15H2,1-2H3. The molecule has 1 aromatic rings. The summed E-state index contributed by atoms with van der Waals surface area (Å²) in [6, 6.07) is 4.66. The summed E-state index contributed by atoms with van der Waals surface area (Å²) in [4.78, 5) is 0. The molecule has 0 aliphatic carbocycles. The molecule has 2 nitrogen and oxygen atoms in total. The van der Waals surface area contributed by atoms with E-state index in [1.807, 2.05) is 0 Å². The van der Waals surface area contributed by atoms with Gasteiger partial charge in [-0.25, -0.2) is 4.39 Å². The van der Waals surface area contributed by atoms with Gasteiger partial charge in [0.15, 0.2) is 0 Å². The van der Waals surface area contributed by atoms with Crippen molar-refractivity contribution in [1.82, 2.24) is 5.32 Å². The first-order valence-corrected chi connectivity index (χ1v) is 6.22. The van der Waals surface area contributed by atoms with Gasteiger partial charge in [-0.2, -0.15) is 0 Å². The Morgan fingerprint density at radius 1 is 1.44 bits per heavy atom. The van der Waals surface area contributed by atoms with Crippen molar-refractivity contribution >= 4 is 15.9 Å². The second-order valence-electron chi connectivity index (χ2n) is 4.26. The number of nitrogens with two attached hydrogens (primary N) is 1. The minimum atomic E-state index is -0.233. The molecule has 0 amide bonds. The Kier molecular flexibility index (Phi) is 5.38. The zero-order valence-electron chi connectivity index (χ0n) is 9.63. The Balaban J connectivity index is 2.81. The van der Waals surface area contributed by atoms with Crippen LogP contribution >= 0.6 is 15.9 Å². The van der Waals surface area contributed by atoms with Gasteiger partial charge in [0, 0.05) is 17.1 Å². The Hall–Kier alpha value is -0.450. The molecular formula is C12H18BrFN2. The third-order valence-corrected chi connectivity index (χ3v) is 3.06. The van der Waals surface area contributed by atoms with Gasteiger partial charge >= 0.3 is 0 Å². The molecule has 90 valence electrons. The maximum Gasteiger partial charge on any atom is 0.123 e. The number of rotatable bonds is 5. The molecule has 1 aromatic carbocycles. The predicted molar refractivity (Wildman–Crippen MR) is 68.7 cm³/mol. The van der Waals surface area contributed by atoms with Gasteiger partial charge in [0.2, 0.25) is 0 Å². The van der Waals surface area contributed by atoms with Crippen LogP contribution in [0.4, 0.5) is 4.39 Å². The summed E-state index contributed by atoms with van der Waals surface area (Å²) < 4.78 is 14.0. The monoisotopic (exact) mass is 288 g/mol. The lowest BCUT2D eigenvalue weighted by Gasteiger charge is -2.20. The van der Waals surface area contributed by atoms with E-state index in [4.69, 9.17) is 5.73 Å². The summed E-state index contributed by atoms with van der Waals surface area (Å²) >= 11 is 3.42. The Bertz CT molecular complexity index is 342. The van der Waals surface area contributed by atoms with E-state index in [-0.39, 0.29) is 11.9 Å². The van der Waals surface area contributed by atoms with E-state index in [2.05, 4.69) is 35.1 Å². The minimum Gasteiger partial charge on any atom is -0.329 e. The fourth-order valence-corrected chi connectivity index (χ4v) is 2.00. The fraction of sp³-hybridized carbons (Fsp3) is 0.500. The van der Waals surface area contributed by atoms with Crippen molar-refractivity contribution in [2.45, 2.75) is 19.9 Å². The molecule has 4 heteroatoms.